The van der Waals surface area contributed by atoms with Crippen molar-refractivity contribution in [2.75, 3.05) is 0 Å². The van der Waals surface area contributed by atoms with Crippen LogP contribution in [0.3, 0.4) is 0 Å². The molecule has 4 heteroatoms. The van der Waals surface area contributed by atoms with Gasteiger partial charge in [-0.2, -0.15) is 0 Å². The lowest BCUT2D eigenvalue weighted by Crippen LogP contribution is -1.96. The van der Waals surface area contributed by atoms with E-state index in [1.807, 2.05) is 12.3 Å². The number of fused-ring (bicyclic) bond motifs is 8. The molecule has 0 unspecified atom stereocenters. The molecule has 0 atom stereocenters. The van der Waals surface area contributed by atoms with E-state index in [0.29, 0.717) is 0 Å². The van der Waals surface area contributed by atoms with Crippen LogP contribution in [0.15, 0.2) is 146 Å². The molecule has 0 aliphatic carbocycles. The first-order chi connectivity index (χ1) is 21.3. The van der Waals surface area contributed by atoms with Crippen LogP contribution in [0.1, 0.15) is 0 Å². The standard InChI is InChI=1S/C39H24N4/c1-2-9-26(10-3-1)36-35-31-13-5-7-15-34(31)43(39(35)30-12-4-6-14-33(30)42-36)29-21-18-25(19-22-29)32-23-20-28-17-16-27-11-8-24-40-37(27)38(28)41-32/h1-24H. The molecule has 0 saturated heterocycles. The summed E-state index contributed by atoms with van der Waals surface area (Å²) >= 11 is 0. The van der Waals surface area contributed by atoms with E-state index in [4.69, 9.17) is 9.97 Å². The first kappa shape index (κ1) is 23.8. The van der Waals surface area contributed by atoms with E-state index in [-0.39, 0.29) is 0 Å². The fraction of sp³-hybridized carbons (Fsp3) is 0. The van der Waals surface area contributed by atoms with Gasteiger partial charge in [0.05, 0.1) is 39.0 Å². The molecule has 0 amide bonds. The molecule has 43 heavy (non-hydrogen) atoms. The second-order valence-corrected chi connectivity index (χ2v) is 10.9. The molecule has 200 valence electrons. The number of hydrogen-bond donors (Lipinski definition) is 0. The fourth-order valence-electron chi connectivity index (χ4n) is 6.42. The van der Waals surface area contributed by atoms with Crippen LogP contribution in [0.5, 0.6) is 0 Å². The molecule has 0 spiro atoms. The average Bonchev–Trinajstić information content (AvgIpc) is 3.44. The Morgan fingerprint density at radius 3 is 2.07 bits per heavy atom. The first-order valence-electron chi connectivity index (χ1n) is 14.5. The van der Waals surface area contributed by atoms with Crippen LogP contribution in [0, 0.1) is 0 Å². The number of rotatable bonds is 3. The number of benzene rings is 5. The summed E-state index contributed by atoms with van der Waals surface area (Å²) in [7, 11) is 0. The van der Waals surface area contributed by atoms with Crippen molar-refractivity contribution in [1.82, 2.24) is 19.5 Å². The predicted octanol–water partition coefficient (Wildman–Crippen LogP) is 9.76. The van der Waals surface area contributed by atoms with Crippen LogP contribution < -0.4 is 0 Å². The highest BCUT2D eigenvalue weighted by Gasteiger charge is 2.20. The van der Waals surface area contributed by atoms with Crippen LogP contribution in [0.25, 0.3) is 82.7 Å². The van der Waals surface area contributed by atoms with Crippen molar-refractivity contribution >= 4 is 54.5 Å². The summed E-state index contributed by atoms with van der Waals surface area (Å²) in [5.41, 5.74) is 10.4. The second kappa shape index (κ2) is 9.33. The molecular weight excluding hydrogens is 524 g/mol. The molecule has 4 aromatic heterocycles. The van der Waals surface area contributed by atoms with Gasteiger partial charge in [-0.25, -0.2) is 9.97 Å². The molecule has 0 aliphatic rings. The Morgan fingerprint density at radius 2 is 1.21 bits per heavy atom. The van der Waals surface area contributed by atoms with Crippen molar-refractivity contribution < 1.29 is 0 Å². The SMILES string of the molecule is c1ccc(-c2nc3ccccc3c3c2c2ccccc2n3-c2ccc(-c3ccc4ccc5cccnc5c4n3)cc2)cc1. The maximum Gasteiger partial charge on any atom is 0.0972 e. The lowest BCUT2D eigenvalue weighted by molar-refractivity contribution is 1.18. The quantitative estimate of drug-likeness (QED) is 0.206. The Morgan fingerprint density at radius 1 is 0.488 bits per heavy atom. The van der Waals surface area contributed by atoms with Gasteiger partial charge in [-0.05, 0) is 36.4 Å². The fourth-order valence-corrected chi connectivity index (χ4v) is 6.42. The maximum absolute atomic E-state index is 5.20. The highest BCUT2D eigenvalue weighted by atomic mass is 15.0. The third-order valence-corrected chi connectivity index (χ3v) is 8.40. The molecule has 0 bridgehead atoms. The van der Waals surface area contributed by atoms with E-state index in [2.05, 4.69) is 143 Å². The third-order valence-electron chi connectivity index (χ3n) is 8.40. The van der Waals surface area contributed by atoms with Gasteiger partial charge in [0.2, 0.25) is 0 Å². The van der Waals surface area contributed by atoms with Gasteiger partial charge >= 0.3 is 0 Å². The van der Waals surface area contributed by atoms with Gasteiger partial charge in [0, 0.05) is 49.9 Å². The van der Waals surface area contributed by atoms with Crippen LogP contribution in [0.4, 0.5) is 0 Å². The number of hydrogen-bond acceptors (Lipinski definition) is 3. The van der Waals surface area contributed by atoms with E-state index >= 15 is 0 Å². The topological polar surface area (TPSA) is 43.6 Å². The van der Waals surface area contributed by atoms with Crippen LogP contribution in [0.2, 0.25) is 0 Å². The lowest BCUT2D eigenvalue weighted by Gasteiger charge is -2.12. The zero-order chi connectivity index (χ0) is 28.3. The summed E-state index contributed by atoms with van der Waals surface area (Å²) < 4.78 is 2.39. The number of pyridine rings is 3. The molecule has 0 fully saturated rings. The molecule has 0 radical (unpaired) electrons. The monoisotopic (exact) mass is 548 g/mol. The van der Waals surface area contributed by atoms with Crippen molar-refractivity contribution in [2.45, 2.75) is 0 Å². The van der Waals surface area contributed by atoms with Crippen molar-refractivity contribution in [2.24, 2.45) is 0 Å². The molecule has 0 aliphatic heterocycles. The van der Waals surface area contributed by atoms with Gasteiger partial charge in [0.15, 0.2) is 0 Å². The third kappa shape index (κ3) is 3.67. The largest absolute Gasteiger partial charge is 0.308 e. The smallest absolute Gasteiger partial charge is 0.0972 e. The number of para-hydroxylation sites is 2. The average molecular weight is 549 g/mol. The highest BCUT2D eigenvalue weighted by Crippen LogP contribution is 2.41. The zero-order valence-corrected chi connectivity index (χ0v) is 23.1. The minimum atomic E-state index is 0.925. The molecule has 4 heterocycles. The van der Waals surface area contributed by atoms with Gasteiger partial charge < -0.3 is 4.57 Å². The number of aromatic nitrogens is 4. The minimum absolute atomic E-state index is 0.925. The van der Waals surface area contributed by atoms with Gasteiger partial charge in [-0.15, -0.1) is 0 Å². The normalized spacial score (nSPS) is 11.7. The van der Waals surface area contributed by atoms with Gasteiger partial charge in [-0.3, -0.25) is 4.98 Å². The molecule has 5 aromatic carbocycles. The van der Waals surface area contributed by atoms with Crippen molar-refractivity contribution in [3.05, 3.63) is 146 Å². The summed E-state index contributed by atoms with van der Waals surface area (Å²) in [6.45, 7) is 0. The van der Waals surface area contributed by atoms with Crippen molar-refractivity contribution in [1.29, 1.82) is 0 Å². The van der Waals surface area contributed by atoms with Crippen molar-refractivity contribution in [3.63, 3.8) is 0 Å². The highest BCUT2D eigenvalue weighted by molar-refractivity contribution is 6.22. The molecule has 4 nitrogen and oxygen atoms in total. The van der Waals surface area contributed by atoms with E-state index < -0.39 is 0 Å². The summed E-state index contributed by atoms with van der Waals surface area (Å²) in [6, 6.07) is 48.8. The lowest BCUT2D eigenvalue weighted by atomic mass is 10.0. The Hall–Kier alpha value is -5.87. The Balaban J connectivity index is 1.28. The van der Waals surface area contributed by atoms with Gasteiger partial charge in [-0.1, -0.05) is 103 Å². The van der Waals surface area contributed by atoms with Crippen LogP contribution in [-0.4, -0.2) is 19.5 Å². The second-order valence-electron chi connectivity index (χ2n) is 10.9. The maximum atomic E-state index is 5.20. The van der Waals surface area contributed by atoms with E-state index in [1.165, 1.54) is 16.3 Å². The Bertz CT molecular complexity index is 2490. The Labute approximate surface area is 247 Å². The summed E-state index contributed by atoms with van der Waals surface area (Å²) in [5, 5.41) is 5.67. The summed E-state index contributed by atoms with van der Waals surface area (Å²) in [5.74, 6) is 0. The predicted molar refractivity (Wildman–Crippen MR) is 178 cm³/mol. The van der Waals surface area contributed by atoms with Crippen LogP contribution >= 0.6 is 0 Å². The summed E-state index contributed by atoms with van der Waals surface area (Å²) in [4.78, 5) is 14.9. The van der Waals surface area contributed by atoms with E-state index in [1.54, 1.807) is 0 Å². The molecule has 0 N–H and O–H groups in total. The van der Waals surface area contributed by atoms with E-state index in [0.717, 1.165) is 66.4 Å². The Kier molecular flexibility index (Phi) is 5.16. The van der Waals surface area contributed by atoms with Crippen molar-refractivity contribution in [3.8, 4) is 28.2 Å². The minimum Gasteiger partial charge on any atom is -0.308 e. The van der Waals surface area contributed by atoms with Gasteiger partial charge in [0.25, 0.3) is 0 Å². The van der Waals surface area contributed by atoms with Crippen LogP contribution in [-0.2, 0) is 0 Å². The molecule has 9 rings (SSSR count). The molecular formula is C39H24N4. The van der Waals surface area contributed by atoms with Gasteiger partial charge in [0.1, 0.15) is 0 Å². The first-order valence-corrected chi connectivity index (χ1v) is 14.5. The van der Waals surface area contributed by atoms with E-state index in [9.17, 15) is 0 Å². The molecule has 0 saturated carbocycles. The summed E-state index contributed by atoms with van der Waals surface area (Å²) in [6.07, 6.45) is 1.83. The molecule has 9 aromatic rings. The zero-order valence-electron chi connectivity index (χ0n) is 23.1. The number of nitrogens with zero attached hydrogens (tertiary/aromatic N) is 4.